The molecule has 1 atom stereocenters. The van der Waals surface area contributed by atoms with Crippen molar-refractivity contribution in [1.82, 2.24) is 10.3 Å². The van der Waals surface area contributed by atoms with Crippen LogP contribution in [0.3, 0.4) is 0 Å². The Labute approximate surface area is 121 Å². The Morgan fingerprint density at radius 2 is 2.10 bits per heavy atom. The third-order valence-electron chi connectivity index (χ3n) is 2.99. The van der Waals surface area contributed by atoms with Gasteiger partial charge in [0, 0.05) is 12.4 Å². The fourth-order valence-corrected chi connectivity index (χ4v) is 1.79. The highest BCUT2D eigenvalue weighted by Gasteiger charge is 2.41. The summed E-state index contributed by atoms with van der Waals surface area (Å²) in [4.78, 5) is 4.00. The van der Waals surface area contributed by atoms with E-state index in [1.807, 2.05) is 13.8 Å². The largest absolute Gasteiger partial charge is 0.373 e. The quantitative estimate of drug-likeness (QED) is 0.710. The van der Waals surface area contributed by atoms with Gasteiger partial charge < -0.3 is 10.1 Å². The molecule has 120 valence electrons. The van der Waals surface area contributed by atoms with Crippen LogP contribution in [0.2, 0.25) is 0 Å². The van der Waals surface area contributed by atoms with E-state index in [2.05, 4.69) is 10.3 Å². The SMILES string of the molecule is CCCNC(COCC(F)(F)C(F)F)c1cnccc1C. The van der Waals surface area contributed by atoms with Gasteiger partial charge in [-0.15, -0.1) is 0 Å². The number of alkyl halides is 4. The minimum absolute atomic E-state index is 0.116. The standard InChI is InChI=1S/C14H20F4N2O/c1-3-5-20-12(11-7-19-6-4-10(11)2)8-21-9-14(17,18)13(15)16/h4,6-7,12-13,20H,3,5,8-9H2,1-2H3. The van der Waals surface area contributed by atoms with Gasteiger partial charge in [-0.25, -0.2) is 8.78 Å². The Morgan fingerprint density at radius 1 is 1.38 bits per heavy atom. The molecule has 21 heavy (non-hydrogen) atoms. The molecular formula is C14H20F4N2O. The Kier molecular flexibility index (Phi) is 7.04. The van der Waals surface area contributed by atoms with Crippen LogP contribution in [0.5, 0.6) is 0 Å². The summed E-state index contributed by atoms with van der Waals surface area (Å²) in [6.07, 6.45) is 0.376. The molecule has 0 aliphatic rings. The van der Waals surface area contributed by atoms with Crippen LogP contribution in [-0.2, 0) is 4.74 Å². The average Bonchev–Trinajstić information content (AvgIpc) is 2.43. The second-order valence-electron chi connectivity index (χ2n) is 4.82. The van der Waals surface area contributed by atoms with Crippen molar-refractivity contribution in [2.24, 2.45) is 0 Å². The van der Waals surface area contributed by atoms with Gasteiger partial charge in [-0.2, -0.15) is 8.78 Å². The predicted molar refractivity (Wildman–Crippen MR) is 71.8 cm³/mol. The first-order valence-corrected chi connectivity index (χ1v) is 6.76. The molecule has 1 aromatic rings. The van der Waals surface area contributed by atoms with Crippen molar-refractivity contribution in [3.05, 3.63) is 29.6 Å². The molecular weight excluding hydrogens is 288 g/mol. The van der Waals surface area contributed by atoms with Crippen LogP contribution >= 0.6 is 0 Å². The minimum Gasteiger partial charge on any atom is -0.373 e. The van der Waals surface area contributed by atoms with Gasteiger partial charge in [0.1, 0.15) is 6.61 Å². The van der Waals surface area contributed by atoms with Gasteiger partial charge >= 0.3 is 12.3 Å². The Morgan fingerprint density at radius 3 is 2.67 bits per heavy atom. The highest BCUT2D eigenvalue weighted by Crippen LogP contribution is 2.24. The van der Waals surface area contributed by atoms with Gasteiger partial charge in [0.2, 0.25) is 0 Å². The third-order valence-corrected chi connectivity index (χ3v) is 2.99. The minimum atomic E-state index is -4.13. The number of hydrogen-bond donors (Lipinski definition) is 1. The summed E-state index contributed by atoms with van der Waals surface area (Å²) in [7, 11) is 0. The normalized spacial score (nSPS) is 13.7. The Balaban J connectivity index is 2.65. The highest BCUT2D eigenvalue weighted by molar-refractivity contribution is 5.25. The number of ether oxygens (including phenoxy) is 1. The van der Waals surface area contributed by atoms with Crippen LogP contribution in [0.1, 0.15) is 30.5 Å². The number of nitrogens with one attached hydrogen (secondary N) is 1. The maximum absolute atomic E-state index is 12.8. The fraction of sp³-hybridized carbons (Fsp3) is 0.643. The van der Waals surface area contributed by atoms with Crippen LogP contribution in [0.15, 0.2) is 18.5 Å². The first kappa shape index (κ1) is 17.8. The lowest BCUT2D eigenvalue weighted by Crippen LogP contribution is -2.35. The molecule has 0 spiro atoms. The molecule has 1 unspecified atom stereocenters. The van der Waals surface area contributed by atoms with Gasteiger partial charge in [0.05, 0.1) is 12.6 Å². The zero-order valence-electron chi connectivity index (χ0n) is 12.1. The zero-order chi connectivity index (χ0) is 15.9. The van der Waals surface area contributed by atoms with Crippen molar-refractivity contribution in [3.8, 4) is 0 Å². The second kappa shape index (κ2) is 8.29. The summed E-state index contributed by atoms with van der Waals surface area (Å²) in [5, 5.41) is 3.14. The molecule has 7 heteroatoms. The molecule has 1 aromatic heterocycles. The van der Waals surface area contributed by atoms with Gasteiger partial charge in [-0.1, -0.05) is 6.92 Å². The summed E-state index contributed by atoms with van der Waals surface area (Å²) in [5.41, 5.74) is 1.74. The van der Waals surface area contributed by atoms with E-state index in [1.165, 1.54) is 0 Å². The smallest absolute Gasteiger partial charge is 0.330 e. The molecule has 0 saturated carbocycles. The molecule has 0 aromatic carbocycles. The summed E-state index contributed by atoms with van der Waals surface area (Å²) in [6.45, 7) is 3.08. The summed E-state index contributed by atoms with van der Waals surface area (Å²) in [5.74, 6) is -4.13. The molecule has 0 bridgehead atoms. The number of aromatic nitrogens is 1. The number of hydrogen-bond acceptors (Lipinski definition) is 3. The number of pyridine rings is 1. The topological polar surface area (TPSA) is 34.1 Å². The van der Waals surface area contributed by atoms with Gasteiger partial charge in [-0.3, -0.25) is 4.98 Å². The maximum atomic E-state index is 12.8. The number of rotatable bonds is 9. The van der Waals surface area contributed by atoms with Crippen LogP contribution < -0.4 is 5.32 Å². The monoisotopic (exact) mass is 308 g/mol. The second-order valence-corrected chi connectivity index (χ2v) is 4.82. The molecule has 0 amide bonds. The Hall–Kier alpha value is -1.21. The van der Waals surface area contributed by atoms with Gasteiger partial charge in [0.25, 0.3) is 0 Å². The average molecular weight is 308 g/mol. The maximum Gasteiger partial charge on any atom is 0.330 e. The number of nitrogens with zero attached hydrogens (tertiary/aromatic N) is 1. The third kappa shape index (κ3) is 5.59. The molecule has 1 heterocycles. The van der Waals surface area contributed by atoms with E-state index >= 15 is 0 Å². The summed E-state index contributed by atoms with van der Waals surface area (Å²) >= 11 is 0. The van der Waals surface area contributed by atoms with Crippen LogP contribution in [0.25, 0.3) is 0 Å². The lowest BCUT2D eigenvalue weighted by atomic mass is 10.0. The van der Waals surface area contributed by atoms with Crippen molar-refractivity contribution in [1.29, 1.82) is 0 Å². The van der Waals surface area contributed by atoms with Crippen molar-refractivity contribution < 1.29 is 22.3 Å². The molecule has 0 saturated heterocycles. The van der Waals surface area contributed by atoms with E-state index in [0.29, 0.717) is 6.54 Å². The van der Waals surface area contributed by atoms with Gasteiger partial charge in [-0.05, 0) is 37.1 Å². The summed E-state index contributed by atoms with van der Waals surface area (Å²) in [6, 6.07) is 1.44. The van der Waals surface area contributed by atoms with Crippen LogP contribution in [0.4, 0.5) is 17.6 Å². The lowest BCUT2D eigenvalue weighted by Gasteiger charge is -2.22. The van der Waals surface area contributed by atoms with E-state index in [4.69, 9.17) is 4.74 Å². The van der Waals surface area contributed by atoms with Crippen molar-refractivity contribution in [2.75, 3.05) is 19.8 Å². The van der Waals surface area contributed by atoms with E-state index < -0.39 is 19.0 Å². The van der Waals surface area contributed by atoms with Gasteiger partial charge in [0.15, 0.2) is 0 Å². The van der Waals surface area contributed by atoms with Crippen LogP contribution in [-0.4, -0.2) is 37.1 Å². The molecule has 0 aliphatic heterocycles. The zero-order valence-corrected chi connectivity index (χ0v) is 12.1. The fourth-order valence-electron chi connectivity index (χ4n) is 1.79. The highest BCUT2D eigenvalue weighted by atomic mass is 19.3. The van der Waals surface area contributed by atoms with Crippen molar-refractivity contribution >= 4 is 0 Å². The van der Waals surface area contributed by atoms with E-state index in [0.717, 1.165) is 17.5 Å². The van der Waals surface area contributed by atoms with Crippen molar-refractivity contribution in [2.45, 2.75) is 38.7 Å². The van der Waals surface area contributed by atoms with E-state index in [-0.39, 0.29) is 12.6 Å². The number of halogens is 4. The Bertz CT molecular complexity index is 429. The predicted octanol–water partition coefficient (Wildman–Crippen LogP) is 3.35. The van der Waals surface area contributed by atoms with Crippen molar-refractivity contribution in [3.63, 3.8) is 0 Å². The first-order chi connectivity index (χ1) is 9.88. The van der Waals surface area contributed by atoms with Crippen LogP contribution in [0, 0.1) is 6.92 Å². The first-order valence-electron chi connectivity index (χ1n) is 6.76. The molecule has 1 N–H and O–H groups in total. The molecule has 3 nitrogen and oxygen atoms in total. The number of aryl methyl sites for hydroxylation is 1. The molecule has 0 fully saturated rings. The lowest BCUT2D eigenvalue weighted by molar-refractivity contribution is -0.167. The van der Waals surface area contributed by atoms with E-state index in [9.17, 15) is 17.6 Å². The molecule has 1 rings (SSSR count). The summed E-state index contributed by atoms with van der Waals surface area (Å²) < 4.78 is 54.6. The molecule has 0 radical (unpaired) electrons. The molecule has 0 aliphatic carbocycles. The van der Waals surface area contributed by atoms with E-state index in [1.54, 1.807) is 18.5 Å².